The Kier molecular flexibility index (Phi) is 3.85. The van der Waals surface area contributed by atoms with Crippen molar-refractivity contribution in [2.75, 3.05) is 31.6 Å². The number of alkyl halides is 1. The Labute approximate surface area is 118 Å². The highest BCUT2D eigenvalue weighted by Gasteiger charge is 2.25. The molecule has 1 amide bonds. The maximum absolute atomic E-state index is 12.8. The average Bonchev–Trinajstić information content (AvgIpc) is 2.53. The second kappa shape index (κ2) is 5.77. The maximum Gasteiger partial charge on any atom is 0.255 e. The van der Waals surface area contributed by atoms with E-state index in [-0.39, 0.29) is 18.5 Å². The summed E-state index contributed by atoms with van der Waals surface area (Å²) in [5.41, 5.74) is 1.74. The maximum atomic E-state index is 12.8. The van der Waals surface area contributed by atoms with Gasteiger partial charge in [0.1, 0.15) is 5.82 Å². The normalized spacial score (nSPS) is 22.1. The van der Waals surface area contributed by atoms with Gasteiger partial charge in [-0.25, -0.2) is 4.98 Å². The molecule has 108 valence electrons. The van der Waals surface area contributed by atoms with E-state index < -0.39 is 0 Å². The molecule has 1 atom stereocenters. The molecule has 1 aromatic heterocycles. The van der Waals surface area contributed by atoms with Crippen LogP contribution in [0.1, 0.15) is 35.2 Å². The first-order valence-corrected chi connectivity index (χ1v) is 7.36. The number of pyridine rings is 1. The van der Waals surface area contributed by atoms with E-state index in [1.807, 2.05) is 6.07 Å². The summed E-state index contributed by atoms with van der Waals surface area (Å²) < 4.78 is 12.8. The van der Waals surface area contributed by atoms with Gasteiger partial charge in [0.15, 0.2) is 0 Å². The monoisotopic (exact) mass is 277 g/mol. The lowest BCUT2D eigenvalue weighted by atomic mass is 9.98. The first kappa shape index (κ1) is 13.3. The number of fused-ring (bicyclic) bond motifs is 1. The molecule has 1 aromatic rings. The molecule has 0 bridgehead atoms. The first-order valence-electron chi connectivity index (χ1n) is 7.36. The third-order valence-electron chi connectivity index (χ3n) is 4.15. The molecule has 1 fully saturated rings. The molecule has 3 heterocycles. The van der Waals surface area contributed by atoms with E-state index in [0.29, 0.717) is 12.1 Å². The van der Waals surface area contributed by atoms with Crippen molar-refractivity contribution < 1.29 is 9.18 Å². The van der Waals surface area contributed by atoms with E-state index in [4.69, 9.17) is 0 Å². The van der Waals surface area contributed by atoms with Crippen LogP contribution in [0.2, 0.25) is 0 Å². The van der Waals surface area contributed by atoms with Gasteiger partial charge in [-0.15, -0.1) is 0 Å². The highest BCUT2D eigenvalue weighted by Crippen LogP contribution is 2.23. The third kappa shape index (κ3) is 2.62. The van der Waals surface area contributed by atoms with Crippen LogP contribution in [0.25, 0.3) is 0 Å². The number of anilines is 1. The number of carbonyl (C=O) groups excluding carboxylic acids is 1. The molecule has 3 rings (SSSR count). The molecule has 0 aromatic carbocycles. The van der Waals surface area contributed by atoms with Crippen LogP contribution in [0, 0.1) is 5.92 Å². The van der Waals surface area contributed by atoms with Crippen LogP contribution in [0.15, 0.2) is 12.3 Å². The van der Waals surface area contributed by atoms with Gasteiger partial charge in [0, 0.05) is 31.7 Å². The number of carbonyl (C=O) groups is 1. The van der Waals surface area contributed by atoms with E-state index in [9.17, 15) is 9.18 Å². The van der Waals surface area contributed by atoms with Crippen LogP contribution in [-0.4, -0.2) is 42.1 Å². The summed E-state index contributed by atoms with van der Waals surface area (Å²) >= 11 is 0. The summed E-state index contributed by atoms with van der Waals surface area (Å²) in [4.78, 5) is 18.6. The Bertz CT molecular complexity index is 506. The molecule has 5 heteroatoms. The van der Waals surface area contributed by atoms with E-state index in [1.165, 1.54) is 0 Å². The standard InChI is InChI=1S/C15H20FN3O/c16-8-11-3-2-6-19(10-11)15(20)13-7-12-4-1-5-17-14(12)18-9-13/h7,9,11H,1-6,8,10H2,(H,17,18)/t11-/m1/s1. The fourth-order valence-electron chi connectivity index (χ4n) is 3.02. The summed E-state index contributed by atoms with van der Waals surface area (Å²) in [6.07, 6.45) is 5.44. The second-order valence-electron chi connectivity index (χ2n) is 5.68. The molecule has 0 spiro atoms. The van der Waals surface area contributed by atoms with Gasteiger partial charge in [-0.2, -0.15) is 0 Å². The fraction of sp³-hybridized carbons (Fsp3) is 0.600. The number of likely N-dealkylation sites (tertiary alicyclic amines) is 1. The molecule has 20 heavy (non-hydrogen) atoms. The average molecular weight is 277 g/mol. The van der Waals surface area contributed by atoms with Crippen molar-refractivity contribution in [2.24, 2.45) is 5.92 Å². The lowest BCUT2D eigenvalue weighted by molar-refractivity contribution is 0.0656. The number of nitrogens with zero attached hydrogens (tertiary/aromatic N) is 2. The van der Waals surface area contributed by atoms with Crippen LogP contribution < -0.4 is 5.32 Å². The summed E-state index contributed by atoms with van der Waals surface area (Å²) in [6, 6.07) is 1.94. The number of rotatable bonds is 2. The smallest absolute Gasteiger partial charge is 0.255 e. The van der Waals surface area contributed by atoms with Crippen LogP contribution >= 0.6 is 0 Å². The van der Waals surface area contributed by atoms with Crippen LogP contribution in [0.5, 0.6) is 0 Å². The quantitative estimate of drug-likeness (QED) is 0.902. The van der Waals surface area contributed by atoms with Crippen LogP contribution in [0.3, 0.4) is 0 Å². The van der Waals surface area contributed by atoms with E-state index in [0.717, 1.165) is 50.2 Å². The number of hydrogen-bond acceptors (Lipinski definition) is 3. The van der Waals surface area contributed by atoms with Crippen molar-refractivity contribution in [3.63, 3.8) is 0 Å². The summed E-state index contributed by atoms with van der Waals surface area (Å²) in [5.74, 6) is 0.886. The molecule has 1 saturated heterocycles. The van der Waals surface area contributed by atoms with Crippen molar-refractivity contribution in [2.45, 2.75) is 25.7 Å². The van der Waals surface area contributed by atoms with E-state index in [2.05, 4.69) is 10.3 Å². The van der Waals surface area contributed by atoms with E-state index in [1.54, 1.807) is 11.1 Å². The van der Waals surface area contributed by atoms with Crippen molar-refractivity contribution >= 4 is 11.7 Å². The fourth-order valence-corrected chi connectivity index (χ4v) is 3.02. The van der Waals surface area contributed by atoms with Gasteiger partial charge < -0.3 is 10.2 Å². The number of aromatic nitrogens is 1. The third-order valence-corrected chi connectivity index (χ3v) is 4.15. The van der Waals surface area contributed by atoms with Crippen molar-refractivity contribution in [1.82, 2.24) is 9.88 Å². The lowest BCUT2D eigenvalue weighted by Crippen LogP contribution is -2.40. The minimum absolute atomic E-state index is 0.0000434. The van der Waals surface area contributed by atoms with Crippen LogP contribution in [-0.2, 0) is 6.42 Å². The highest BCUT2D eigenvalue weighted by molar-refractivity contribution is 5.94. The lowest BCUT2D eigenvalue weighted by Gasteiger charge is -2.31. The van der Waals surface area contributed by atoms with Crippen molar-refractivity contribution in [3.8, 4) is 0 Å². The van der Waals surface area contributed by atoms with Gasteiger partial charge in [0.2, 0.25) is 0 Å². The number of aryl methyl sites for hydroxylation is 1. The zero-order valence-electron chi connectivity index (χ0n) is 11.6. The molecular formula is C15H20FN3O. The largest absolute Gasteiger partial charge is 0.370 e. The van der Waals surface area contributed by atoms with Crippen LogP contribution in [0.4, 0.5) is 10.2 Å². The van der Waals surface area contributed by atoms with E-state index >= 15 is 0 Å². The molecular weight excluding hydrogens is 257 g/mol. The zero-order valence-corrected chi connectivity index (χ0v) is 11.6. The molecule has 0 aliphatic carbocycles. The molecule has 2 aliphatic heterocycles. The molecule has 0 saturated carbocycles. The Morgan fingerprint density at radius 3 is 3.25 bits per heavy atom. The van der Waals surface area contributed by atoms with Gasteiger partial charge in [-0.05, 0) is 37.3 Å². The molecule has 0 radical (unpaired) electrons. The Morgan fingerprint density at radius 1 is 1.50 bits per heavy atom. The summed E-state index contributed by atoms with van der Waals surface area (Å²) in [5, 5.41) is 3.24. The Morgan fingerprint density at radius 2 is 2.40 bits per heavy atom. The first-order chi connectivity index (χ1) is 9.78. The molecule has 4 nitrogen and oxygen atoms in total. The minimum atomic E-state index is -0.337. The van der Waals surface area contributed by atoms with Crippen molar-refractivity contribution in [3.05, 3.63) is 23.4 Å². The Hall–Kier alpha value is -1.65. The number of amides is 1. The number of nitrogens with one attached hydrogen (secondary N) is 1. The zero-order chi connectivity index (χ0) is 13.9. The Balaban J connectivity index is 1.76. The summed E-state index contributed by atoms with van der Waals surface area (Å²) in [7, 11) is 0. The molecule has 0 unspecified atom stereocenters. The summed E-state index contributed by atoms with van der Waals surface area (Å²) in [6.45, 7) is 1.86. The second-order valence-corrected chi connectivity index (χ2v) is 5.68. The predicted molar refractivity (Wildman–Crippen MR) is 75.7 cm³/mol. The molecule has 1 N–H and O–H groups in total. The van der Waals surface area contributed by atoms with Gasteiger partial charge >= 0.3 is 0 Å². The molecule has 2 aliphatic rings. The predicted octanol–water partition coefficient (Wildman–Crippen LogP) is 2.26. The number of hydrogen-bond donors (Lipinski definition) is 1. The van der Waals surface area contributed by atoms with Gasteiger partial charge in [-0.1, -0.05) is 0 Å². The SMILES string of the molecule is O=C(c1cnc2c(c1)CCCN2)N1CCC[C@H](CF)C1. The van der Waals surface area contributed by atoms with Gasteiger partial charge in [-0.3, -0.25) is 9.18 Å². The topological polar surface area (TPSA) is 45.2 Å². The highest BCUT2D eigenvalue weighted by atomic mass is 19.1. The van der Waals surface area contributed by atoms with Gasteiger partial charge in [0.25, 0.3) is 5.91 Å². The minimum Gasteiger partial charge on any atom is -0.370 e. The number of piperidine rings is 1. The number of halogens is 1. The van der Waals surface area contributed by atoms with Crippen molar-refractivity contribution in [1.29, 1.82) is 0 Å². The van der Waals surface area contributed by atoms with Gasteiger partial charge in [0.05, 0.1) is 12.2 Å².